The van der Waals surface area contributed by atoms with E-state index in [1.54, 1.807) is 0 Å². The van der Waals surface area contributed by atoms with Crippen molar-refractivity contribution in [3.05, 3.63) is 71.9 Å². The predicted octanol–water partition coefficient (Wildman–Crippen LogP) is 4.40. The van der Waals surface area contributed by atoms with Crippen LogP contribution in [0.1, 0.15) is 32.6 Å². The van der Waals surface area contributed by atoms with Gasteiger partial charge in [-0.1, -0.05) is 66.3 Å². The Morgan fingerprint density at radius 2 is 2.00 bits per heavy atom. The van der Waals surface area contributed by atoms with E-state index in [0.29, 0.717) is 6.54 Å². The van der Waals surface area contributed by atoms with E-state index in [-0.39, 0.29) is 11.8 Å². The molecule has 1 unspecified atom stereocenters. The van der Waals surface area contributed by atoms with E-state index in [9.17, 15) is 4.79 Å². The first-order chi connectivity index (χ1) is 10.8. The fourth-order valence-corrected chi connectivity index (χ4v) is 2.50. The van der Waals surface area contributed by atoms with Gasteiger partial charge in [-0.25, -0.2) is 0 Å². The van der Waals surface area contributed by atoms with E-state index in [0.717, 1.165) is 25.7 Å². The summed E-state index contributed by atoms with van der Waals surface area (Å²) >= 11 is 0. The summed E-state index contributed by atoms with van der Waals surface area (Å²) in [6.45, 7) is 2.72. The first-order valence-corrected chi connectivity index (χ1v) is 8.05. The Labute approximate surface area is 133 Å². The summed E-state index contributed by atoms with van der Waals surface area (Å²) in [5.41, 5.74) is 2.45. The number of carbonyl (C=O) groups excluding carboxylic acids is 1. The van der Waals surface area contributed by atoms with E-state index in [1.165, 1.54) is 11.1 Å². The number of rotatable bonds is 3. The molecule has 0 aromatic carbocycles. The first-order valence-electron chi connectivity index (χ1n) is 8.05. The lowest BCUT2D eigenvalue weighted by Crippen LogP contribution is -2.31. The number of carbonyl (C=O) groups is 1. The van der Waals surface area contributed by atoms with Crippen molar-refractivity contribution < 1.29 is 4.79 Å². The minimum absolute atomic E-state index is 0.0371. The van der Waals surface area contributed by atoms with Crippen molar-refractivity contribution in [1.82, 2.24) is 5.32 Å². The minimum atomic E-state index is -0.0371. The molecule has 2 heteroatoms. The zero-order chi connectivity index (χ0) is 15.6. The van der Waals surface area contributed by atoms with Crippen molar-refractivity contribution in [1.29, 1.82) is 0 Å². The molecule has 1 atom stereocenters. The molecule has 1 amide bonds. The van der Waals surface area contributed by atoms with Crippen molar-refractivity contribution in [3.8, 4) is 0 Å². The third kappa shape index (κ3) is 5.72. The maximum Gasteiger partial charge on any atom is 0.227 e. The highest BCUT2D eigenvalue weighted by Gasteiger charge is 2.14. The fraction of sp³-hybridized carbons (Fsp3) is 0.350. The van der Waals surface area contributed by atoms with Crippen LogP contribution in [0.25, 0.3) is 0 Å². The highest BCUT2D eigenvalue weighted by molar-refractivity contribution is 5.80. The number of amides is 1. The van der Waals surface area contributed by atoms with Gasteiger partial charge in [0.05, 0.1) is 5.92 Å². The average molecular weight is 295 g/mol. The molecule has 0 heterocycles. The van der Waals surface area contributed by atoms with Crippen LogP contribution in [0.15, 0.2) is 71.9 Å². The van der Waals surface area contributed by atoms with E-state index in [1.807, 2.05) is 12.2 Å². The third-order valence-corrected chi connectivity index (χ3v) is 3.85. The zero-order valence-electron chi connectivity index (χ0n) is 13.3. The molecule has 2 nitrogen and oxygen atoms in total. The summed E-state index contributed by atoms with van der Waals surface area (Å²) in [5, 5.41) is 3.07. The van der Waals surface area contributed by atoms with Crippen LogP contribution in [0.3, 0.4) is 0 Å². The summed E-state index contributed by atoms with van der Waals surface area (Å²) in [7, 11) is 0. The molecule has 0 spiro atoms. The molecule has 2 aliphatic rings. The van der Waals surface area contributed by atoms with Crippen molar-refractivity contribution in [2.24, 2.45) is 5.92 Å². The molecule has 0 saturated heterocycles. The molecule has 0 fully saturated rings. The lowest BCUT2D eigenvalue weighted by Gasteiger charge is -2.13. The van der Waals surface area contributed by atoms with Crippen molar-refractivity contribution in [2.45, 2.75) is 32.6 Å². The smallest absolute Gasteiger partial charge is 0.227 e. The highest BCUT2D eigenvalue weighted by atomic mass is 16.1. The van der Waals surface area contributed by atoms with Gasteiger partial charge in [0.2, 0.25) is 5.91 Å². The monoisotopic (exact) mass is 295 g/mol. The van der Waals surface area contributed by atoms with Gasteiger partial charge in [-0.15, -0.1) is 0 Å². The molecule has 0 bridgehead atoms. The Kier molecular flexibility index (Phi) is 6.69. The Balaban J connectivity index is 1.89. The van der Waals surface area contributed by atoms with Crippen molar-refractivity contribution in [2.75, 3.05) is 6.54 Å². The van der Waals surface area contributed by atoms with Gasteiger partial charge in [0.15, 0.2) is 0 Å². The second-order valence-electron chi connectivity index (χ2n) is 5.72. The highest BCUT2D eigenvalue weighted by Crippen LogP contribution is 2.14. The van der Waals surface area contributed by atoms with Crippen LogP contribution in [0.2, 0.25) is 0 Å². The fourth-order valence-electron chi connectivity index (χ4n) is 2.50. The van der Waals surface area contributed by atoms with Crippen LogP contribution in [0.4, 0.5) is 0 Å². The molecule has 0 aliphatic heterocycles. The molecule has 2 aliphatic carbocycles. The molecule has 0 aromatic rings. The maximum atomic E-state index is 12.4. The van der Waals surface area contributed by atoms with Crippen LogP contribution in [-0.4, -0.2) is 12.5 Å². The van der Waals surface area contributed by atoms with Gasteiger partial charge < -0.3 is 5.32 Å². The standard InChI is InChI=1S/C20H25NO/c1-17-10-6-8-14-19(15-9-7-11-17)20(22)21-16-18-12-4-2-3-5-13-18/h2-4,6,9-13,15,19H,5,7-8,14,16H2,1H3,(H,21,22)/b10-6-,15-9+,17-11-. The first kappa shape index (κ1) is 16.3. The molecule has 0 radical (unpaired) electrons. The van der Waals surface area contributed by atoms with E-state index >= 15 is 0 Å². The quantitative estimate of drug-likeness (QED) is 0.768. The van der Waals surface area contributed by atoms with Gasteiger partial charge >= 0.3 is 0 Å². The molecule has 0 saturated carbocycles. The normalized spacial score (nSPS) is 27.0. The van der Waals surface area contributed by atoms with Crippen molar-refractivity contribution >= 4 is 5.91 Å². The molecular formula is C20H25NO. The van der Waals surface area contributed by atoms with Gasteiger partial charge in [-0.2, -0.15) is 0 Å². The van der Waals surface area contributed by atoms with E-state index in [4.69, 9.17) is 0 Å². The second-order valence-corrected chi connectivity index (χ2v) is 5.72. The number of hydrogen-bond acceptors (Lipinski definition) is 1. The van der Waals surface area contributed by atoms with Gasteiger partial charge in [0.1, 0.15) is 0 Å². The second kappa shape index (κ2) is 9.04. The Morgan fingerprint density at radius 3 is 2.91 bits per heavy atom. The van der Waals surface area contributed by atoms with Gasteiger partial charge in [0.25, 0.3) is 0 Å². The largest absolute Gasteiger partial charge is 0.352 e. The Morgan fingerprint density at radius 1 is 1.14 bits per heavy atom. The summed E-state index contributed by atoms with van der Waals surface area (Å²) in [5.74, 6) is 0.0855. The van der Waals surface area contributed by atoms with Gasteiger partial charge in [-0.05, 0) is 38.2 Å². The predicted molar refractivity (Wildman–Crippen MR) is 93.4 cm³/mol. The molecule has 0 aromatic heterocycles. The van der Waals surface area contributed by atoms with Crippen LogP contribution >= 0.6 is 0 Å². The molecule has 22 heavy (non-hydrogen) atoms. The Bertz CT molecular complexity index is 558. The van der Waals surface area contributed by atoms with E-state index in [2.05, 4.69) is 60.8 Å². The van der Waals surface area contributed by atoms with Crippen LogP contribution in [0, 0.1) is 5.92 Å². The molecule has 116 valence electrons. The van der Waals surface area contributed by atoms with Gasteiger partial charge in [-0.3, -0.25) is 4.79 Å². The minimum Gasteiger partial charge on any atom is -0.352 e. The summed E-state index contributed by atoms with van der Waals surface area (Å²) in [4.78, 5) is 12.4. The molecular weight excluding hydrogens is 270 g/mol. The van der Waals surface area contributed by atoms with Crippen LogP contribution < -0.4 is 5.32 Å². The van der Waals surface area contributed by atoms with Gasteiger partial charge in [0, 0.05) is 6.54 Å². The van der Waals surface area contributed by atoms with Crippen LogP contribution in [0.5, 0.6) is 0 Å². The number of allylic oxidation sites excluding steroid dienone is 9. The number of hydrogen-bond donors (Lipinski definition) is 1. The lowest BCUT2D eigenvalue weighted by atomic mass is 9.99. The lowest BCUT2D eigenvalue weighted by molar-refractivity contribution is -0.123. The van der Waals surface area contributed by atoms with E-state index < -0.39 is 0 Å². The summed E-state index contributed by atoms with van der Waals surface area (Å²) in [6, 6.07) is 0. The zero-order valence-corrected chi connectivity index (χ0v) is 13.3. The van der Waals surface area contributed by atoms with Crippen LogP contribution in [-0.2, 0) is 4.79 Å². The Hall–Kier alpha value is -2.09. The molecule has 2 rings (SSSR count). The average Bonchev–Trinajstić information content (AvgIpc) is 2.80. The molecule has 1 N–H and O–H groups in total. The third-order valence-electron chi connectivity index (χ3n) is 3.85. The SMILES string of the molecule is CC1=C/C/C=C/C(C(=O)NCC2=CCC=CC=C2)CC/C=C\1. The number of nitrogens with one attached hydrogen (secondary N) is 1. The summed E-state index contributed by atoms with van der Waals surface area (Å²) < 4.78 is 0. The maximum absolute atomic E-state index is 12.4. The summed E-state index contributed by atoms with van der Waals surface area (Å²) in [6.07, 6.45) is 24.6. The van der Waals surface area contributed by atoms with Crippen molar-refractivity contribution in [3.63, 3.8) is 0 Å². The topological polar surface area (TPSA) is 29.1 Å².